The van der Waals surface area contributed by atoms with Crippen molar-refractivity contribution in [1.82, 2.24) is 10.3 Å². The zero-order valence-electron chi connectivity index (χ0n) is 15.6. The molecule has 2 N–H and O–H groups in total. The Morgan fingerprint density at radius 3 is 2.62 bits per heavy atom. The zero-order chi connectivity index (χ0) is 21.3. The zero-order valence-corrected chi connectivity index (χ0v) is 17.3. The SMILES string of the molecule is CC(C)(C)c1nc(N=C2NC(=O)C(=Cc3ccccc3C(=O)O)S2)sc1[N+](=O)[O-]. The molecular formula is C18H16N4O5S2. The van der Waals surface area contributed by atoms with E-state index in [4.69, 9.17) is 0 Å². The minimum absolute atomic E-state index is 0.0733. The lowest BCUT2D eigenvalue weighted by Gasteiger charge is -2.13. The number of thioether (sulfide) groups is 1. The standard InChI is InChI=1S/C18H16N4O5S2/c1-18(2,3)12-14(22(26)27)29-16(19-12)21-17-20-13(23)11(28-17)8-9-6-4-5-7-10(9)15(24)25/h4-8H,1-3H3,(H,24,25)(H,19,20,21,23). The second-order valence-electron chi connectivity index (χ2n) is 7.03. The number of aromatic nitrogens is 1. The molecule has 1 amide bonds. The molecule has 0 saturated carbocycles. The van der Waals surface area contributed by atoms with Crippen molar-refractivity contribution in [2.75, 3.05) is 0 Å². The molecule has 9 nitrogen and oxygen atoms in total. The Hall–Kier alpha value is -3.05. The second-order valence-corrected chi connectivity index (χ2v) is 9.02. The number of hydrogen-bond donors (Lipinski definition) is 2. The summed E-state index contributed by atoms with van der Waals surface area (Å²) in [6, 6.07) is 6.32. The smallest absolute Gasteiger partial charge is 0.349 e. The van der Waals surface area contributed by atoms with Crippen LogP contribution in [0.3, 0.4) is 0 Å². The predicted molar refractivity (Wildman–Crippen MR) is 112 cm³/mol. The molecule has 0 radical (unpaired) electrons. The summed E-state index contributed by atoms with van der Waals surface area (Å²) in [5.74, 6) is -1.53. The maximum atomic E-state index is 12.2. The van der Waals surface area contributed by atoms with Gasteiger partial charge in [0, 0.05) is 5.41 Å². The van der Waals surface area contributed by atoms with E-state index in [0.29, 0.717) is 11.3 Å². The van der Waals surface area contributed by atoms with Crippen molar-refractivity contribution >= 4 is 56.4 Å². The van der Waals surface area contributed by atoms with Gasteiger partial charge in [-0.15, -0.1) is 0 Å². The highest BCUT2D eigenvalue weighted by molar-refractivity contribution is 8.18. The van der Waals surface area contributed by atoms with Crippen molar-refractivity contribution in [3.05, 3.63) is 56.1 Å². The molecule has 3 rings (SSSR count). The van der Waals surface area contributed by atoms with Crippen LogP contribution in [0.25, 0.3) is 6.08 Å². The van der Waals surface area contributed by atoms with Gasteiger partial charge in [-0.2, -0.15) is 4.99 Å². The lowest BCUT2D eigenvalue weighted by molar-refractivity contribution is -0.381. The molecule has 1 aliphatic heterocycles. The highest BCUT2D eigenvalue weighted by atomic mass is 32.2. The maximum absolute atomic E-state index is 12.2. The molecule has 0 atom stereocenters. The number of carbonyl (C=O) groups excluding carboxylic acids is 1. The molecule has 1 saturated heterocycles. The van der Waals surface area contributed by atoms with E-state index in [-0.39, 0.29) is 25.8 Å². The Labute approximate surface area is 173 Å². The molecule has 0 unspecified atom stereocenters. The van der Waals surface area contributed by atoms with Gasteiger partial charge >= 0.3 is 11.0 Å². The highest BCUT2D eigenvalue weighted by Crippen LogP contribution is 2.40. The lowest BCUT2D eigenvalue weighted by Crippen LogP contribution is -2.19. The van der Waals surface area contributed by atoms with Crippen molar-refractivity contribution in [1.29, 1.82) is 0 Å². The Morgan fingerprint density at radius 2 is 2.03 bits per heavy atom. The van der Waals surface area contributed by atoms with Gasteiger partial charge in [-0.1, -0.05) is 39.0 Å². The fourth-order valence-electron chi connectivity index (χ4n) is 2.49. The summed E-state index contributed by atoms with van der Waals surface area (Å²) in [6.07, 6.45) is 1.47. The van der Waals surface area contributed by atoms with Gasteiger partial charge in [-0.05, 0) is 40.8 Å². The number of amides is 1. The van der Waals surface area contributed by atoms with Crippen LogP contribution in [0.15, 0.2) is 34.2 Å². The molecule has 0 aliphatic carbocycles. The Morgan fingerprint density at radius 1 is 1.34 bits per heavy atom. The summed E-state index contributed by atoms with van der Waals surface area (Å²) in [4.78, 5) is 43.2. The van der Waals surface area contributed by atoms with E-state index in [1.165, 1.54) is 12.1 Å². The Kier molecular flexibility index (Phi) is 5.53. The monoisotopic (exact) mass is 432 g/mol. The molecule has 1 aromatic heterocycles. The number of amidine groups is 1. The van der Waals surface area contributed by atoms with E-state index in [1.807, 2.05) is 20.8 Å². The van der Waals surface area contributed by atoms with E-state index < -0.39 is 22.2 Å². The number of thiazole rings is 1. The van der Waals surface area contributed by atoms with Crippen molar-refractivity contribution in [2.45, 2.75) is 26.2 Å². The number of nitrogens with zero attached hydrogens (tertiary/aromatic N) is 3. The molecule has 2 aromatic rings. The lowest BCUT2D eigenvalue weighted by atomic mass is 9.93. The molecular weight excluding hydrogens is 416 g/mol. The molecule has 0 bridgehead atoms. The van der Waals surface area contributed by atoms with Crippen molar-refractivity contribution < 1.29 is 19.6 Å². The van der Waals surface area contributed by atoms with Crippen LogP contribution in [0, 0.1) is 10.1 Å². The third-order valence-corrected chi connectivity index (χ3v) is 5.61. The first-order valence-electron chi connectivity index (χ1n) is 8.34. The number of nitro groups is 1. The van der Waals surface area contributed by atoms with Crippen LogP contribution in [0.1, 0.15) is 42.4 Å². The van der Waals surface area contributed by atoms with Crippen molar-refractivity contribution in [2.24, 2.45) is 4.99 Å². The van der Waals surface area contributed by atoms with Gasteiger partial charge in [0.2, 0.25) is 5.13 Å². The van der Waals surface area contributed by atoms with Crippen LogP contribution < -0.4 is 5.32 Å². The number of carboxylic acid groups (broad SMARTS) is 1. The minimum atomic E-state index is -1.10. The van der Waals surface area contributed by atoms with Crippen LogP contribution in [-0.2, 0) is 10.2 Å². The van der Waals surface area contributed by atoms with Gasteiger partial charge in [-0.25, -0.2) is 9.78 Å². The first-order chi connectivity index (χ1) is 13.6. The van der Waals surface area contributed by atoms with Gasteiger partial charge in [0.05, 0.1) is 15.4 Å². The second kappa shape index (κ2) is 7.76. The van der Waals surface area contributed by atoms with E-state index in [1.54, 1.807) is 18.2 Å². The highest BCUT2D eigenvalue weighted by Gasteiger charge is 2.31. The van der Waals surface area contributed by atoms with Gasteiger partial charge in [0.25, 0.3) is 5.91 Å². The van der Waals surface area contributed by atoms with Gasteiger partial charge in [0.15, 0.2) is 5.17 Å². The first-order valence-corrected chi connectivity index (χ1v) is 9.97. The van der Waals surface area contributed by atoms with Crippen LogP contribution >= 0.6 is 23.1 Å². The summed E-state index contributed by atoms with van der Waals surface area (Å²) >= 11 is 1.85. The summed E-state index contributed by atoms with van der Waals surface area (Å²) in [7, 11) is 0. The number of benzene rings is 1. The number of carbonyl (C=O) groups is 2. The molecule has 1 aliphatic rings. The van der Waals surface area contributed by atoms with E-state index in [2.05, 4.69) is 15.3 Å². The molecule has 150 valence electrons. The third-order valence-electron chi connectivity index (χ3n) is 3.80. The summed E-state index contributed by atoms with van der Waals surface area (Å²) in [5.41, 5.74) is 0.255. The summed E-state index contributed by atoms with van der Waals surface area (Å²) in [5, 5.41) is 23.4. The maximum Gasteiger partial charge on any atom is 0.349 e. The number of aromatic carboxylic acids is 1. The van der Waals surface area contributed by atoms with Gasteiger partial charge in [0.1, 0.15) is 5.69 Å². The van der Waals surface area contributed by atoms with Crippen LogP contribution in [0.4, 0.5) is 10.1 Å². The van der Waals surface area contributed by atoms with Crippen molar-refractivity contribution in [3.8, 4) is 0 Å². The fraction of sp³-hybridized carbons (Fsp3) is 0.222. The van der Waals surface area contributed by atoms with Crippen LogP contribution in [-0.4, -0.2) is 32.1 Å². The Balaban J connectivity index is 1.92. The molecule has 1 aromatic carbocycles. The Bertz CT molecular complexity index is 1080. The minimum Gasteiger partial charge on any atom is -0.478 e. The predicted octanol–water partition coefficient (Wildman–Crippen LogP) is 3.94. The average Bonchev–Trinajstić information content (AvgIpc) is 3.19. The molecule has 1 fully saturated rings. The van der Waals surface area contributed by atoms with Crippen LogP contribution in [0.5, 0.6) is 0 Å². The molecule has 29 heavy (non-hydrogen) atoms. The third kappa shape index (κ3) is 4.51. The number of rotatable bonds is 4. The molecule has 0 spiro atoms. The van der Waals surface area contributed by atoms with Crippen LogP contribution in [0.2, 0.25) is 0 Å². The van der Waals surface area contributed by atoms with E-state index in [9.17, 15) is 24.8 Å². The van der Waals surface area contributed by atoms with Gasteiger partial charge < -0.3 is 10.4 Å². The summed E-state index contributed by atoms with van der Waals surface area (Å²) in [6.45, 7) is 5.45. The number of nitrogens with one attached hydrogen (secondary N) is 1. The van der Waals surface area contributed by atoms with Crippen molar-refractivity contribution in [3.63, 3.8) is 0 Å². The number of hydrogen-bond acceptors (Lipinski definition) is 8. The largest absolute Gasteiger partial charge is 0.478 e. The quantitative estimate of drug-likeness (QED) is 0.424. The first kappa shape index (κ1) is 20.7. The number of aliphatic imine (C=N–C) groups is 1. The fourth-order valence-corrected chi connectivity index (χ4v) is 4.33. The average molecular weight is 432 g/mol. The topological polar surface area (TPSA) is 135 Å². The normalized spacial score (nSPS) is 17.0. The summed E-state index contributed by atoms with van der Waals surface area (Å²) < 4.78 is 0. The number of carboxylic acids is 1. The molecule has 2 heterocycles. The molecule has 11 heteroatoms. The van der Waals surface area contributed by atoms with E-state index >= 15 is 0 Å². The van der Waals surface area contributed by atoms with Gasteiger partial charge in [-0.3, -0.25) is 14.9 Å². The van der Waals surface area contributed by atoms with E-state index in [0.717, 1.165) is 23.1 Å².